The Bertz CT molecular complexity index is 719. The van der Waals surface area contributed by atoms with Crippen molar-refractivity contribution < 1.29 is 9.72 Å². The van der Waals surface area contributed by atoms with Crippen LogP contribution in [0.2, 0.25) is 0 Å². The van der Waals surface area contributed by atoms with E-state index in [1.54, 1.807) is 29.9 Å². The molecule has 0 bridgehead atoms. The number of hydrogen-bond donors (Lipinski definition) is 1. The molecule has 1 aromatic carbocycles. The molecular formula is C14H14N4O3. The highest BCUT2D eigenvalue weighted by molar-refractivity contribution is 6.01. The molecule has 0 aliphatic heterocycles. The summed E-state index contributed by atoms with van der Waals surface area (Å²) < 4.78 is 1.56. The maximum absolute atomic E-state index is 11.8. The van der Waals surface area contributed by atoms with Gasteiger partial charge in [0.2, 0.25) is 5.91 Å². The summed E-state index contributed by atoms with van der Waals surface area (Å²) in [4.78, 5) is 22.0. The van der Waals surface area contributed by atoms with Crippen molar-refractivity contribution in [2.24, 2.45) is 7.05 Å². The normalized spacial score (nSPS) is 10.8. The summed E-state index contributed by atoms with van der Waals surface area (Å²) in [6.45, 7) is 1.83. The van der Waals surface area contributed by atoms with E-state index >= 15 is 0 Å². The van der Waals surface area contributed by atoms with Crippen molar-refractivity contribution in [3.8, 4) is 0 Å². The molecule has 7 nitrogen and oxygen atoms in total. The first-order chi connectivity index (χ1) is 9.95. The van der Waals surface area contributed by atoms with Crippen LogP contribution in [0.15, 0.2) is 36.4 Å². The predicted octanol–water partition coefficient (Wildman–Crippen LogP) is 2.29. The number of benzene rings is 1. The second kappa shape index (κ2) is 6.00. The first-order valence-electron chi connectivity index (χ1n) is 6.20. The van der Waals surface area contributed by atoms with Crippen molar-refractivity contribution >= 4 is 23.5 Å². The lowest BCUT2D eigenvalue weighted by molar-refractivity contribution is -0.384. The number of nitro benzene ring substituents is 1. The van der Waals surface area contributed by atoms with Gasteiger partial charge in [0.1, 0.15) is 5.82 Å². The standard InChI is InChI=1S/C14H14N4O3/c1-10-8-13(17(2)16-10)15-14(19)7-6-11-4-3-5-12(9-11)18(20)21/h3-9H,1-2H3,(H,15,19)/b7-6+. The fourth-order valence-corrected chi connectivity index (χ4v) is 1.81. The van der Waals surface area contributed by atoms with Gasteiger partial charge in [-0.25, -0.2) is 0 Å². The van der Waals surface area contributed by atoms with Gasteiger partial charge in [0.05, 0.1) is 10.6 Å². The molecule has 1 amide bonds. The molecule has 108 valence electrons. The summed E-state index contributed by atoms with van der Waals surface area (Å²) in [7, 11) is 1.73. The molecule has 0 atom stereocenters. The molecule has 0 spiro atoms. The topological polar surface area (TPSA) is 90.1 Å². The van der Waals surface area contributed by atoms with Crippen molar-refractivity contribution in [2.45, 2.75) is 6.92 Å². The number of hydrogen-bond acceptors (Lipinski definition) is 4. The fourth-order valence-electron chi connectivity index (χ4n) is 1.81. The zero-order valence-corrected chi connectivity index (χ0v) is 11.6. The molecule has 2 rings (SSSR count). The lowest BCUT2D eigenvalue weighted by Gasteiger charge is -2.01. The van der Waals surface area contributed by atoms with Gasteiger partial charge >= 0.3 is 0 Å². The summed E-state index contributed by atoms with van der Waals surface area (Å²) in [5.41, 5.74) is 1.37. The number of carbonyl (C=O) groups excluding carboxylic acids is 1. The number of nitrogens with one attached hydrogen (secondary N) is 1. The van der Waals surface area contributed by atoms with E-state index in [2.05, 4.69) is 10.4 Å². The summed E-state index contributed by atoms with van der Waals surface area (Å²) in [5.74, 6) is 0.255. The Morgan fingerprint density at radius 2 is 2.19 bits per heavy atom. The van der Waals surface area contributed by atoms with Crippen LogP contribution in [0.25, 0.3) is 6.08 Å². The van der Waals surface area contributed by atoms with Crippen molar-refractivity contribution in [2.75, 3.05) is 5.32 Å². The zero-order valence-electron chi connectivity index (χ0n) is 11.6. The smallest absolute Gasteiger partial charge is 0.270 e. The van der Waals surface area contributed by atoms with E-state index in [1.807, 2.05) is 6.92 Å². The maximum atomic E-state index is 11.8. The molecule has 0 radical (unpaired) electrons. The average Bonchev–Trinajstić information content (AvgIpc) is 2.75. The minimum Gasteiger partial charge on any atom is -0.307 e. The van der Waals surface area contributed by atoms with Gasteiger partial charge in [-0.3, -0.25) is 19.6 Å². The van der Waals surface area contributed by atoms with Crippen LogP contribution >= 0.6 is 0 Å². The number of anilines is 1. The highest BCUT2D eigenvalue weighted by Crippen LogP contribution is 2.14. The third-order valence-corrected chi connectivity index (χ3v) is 2.76. The molecule has 1 heterocycles. The van der Waals surface area contributed by atoms with Crippen molar-refractivity contribution in [1.29, 1.82) is 0 Å². The molecule has 0 saturated heterocycles. The summed E-state index contributed by atoms with van der Waals surface area (Å²) in [5, 5.41) is 17.5. The Labute approximate surface area is 121 Å². The first kappa shape index (κ1) is 14.4. The molecular weight excluding hydrogens is 272 g/mol. The number of nitro groups is 1. The average molecular weight is 286 g/mol. The molecule has 0 aliphatic carbocycles. The molecule has 0 unspecified atom stereocenters. The zero-order chi connectivity index (χ0) is 15.4. The lowest BCUT2D eigenvalue weighted by Crippen LogP contribution is -2.11. The van der Waals surface area contributed by atoms with Crippen LogP contribution in [-0.4, -0.2) is 20.6 Å². The van der Waals surface area contributed by atoms with Crippen LogP contribution < -0.4 is 5.32 Å². The van der Waals surface area contributed by atoms with Gasteiger partial charge < -0.3 is 5.32 Å². The van der Waals surface area contributed by atoms with Crippen molar-refractivity contribution in [3.63, 3.8) is 0 Å². The fraction of sp³-hybridized carbons (Fsp3) is 0.143. The van der Waals surface area contributed by atoms with Gasteiger partial charge in [-0.1, -0.05) is 12.1 Å². The van der Waals surface area contributed by atoms with Gasteiger partial charge in [-0.05, 0) is 18.6 Å². The van der Waals surface area contributed by atoms with Crippen LogP contribution in [0.1, 0.15) is 11.3 Å². The van der Waals surface area contributed by atoms with E-state index in [0.717, 1.165) is 5.69 Å². The number of amides is 1. The second-order valence-corrected chi connectivity index (χ2v) is 4.47. The van der Waals surface area contributed by atoms with Crippen LogP contribution in [-0.2, 0) is 11.8 Å². The van der Waals surface area contributed by atoms with E-state index < -0.39 is 4.92 Å². The summed E-state index contributed by atoms with van der Waals surface area (Å²) in [6.07, 6.45) is 2.84. The molecule has 2 aromatic rings. The monoisotopic (exact) mass is 286 g/mol. The number of carbonyl (C=O) groups is 1. The van der Waals surface area contributed by atoms with E-state index in [1.165, 1.54) is 24.3 Å². The van der Waals surface area contributed by atoms with Gasteiger partial charge in [0, 0.05) is 31.3 Å². The highest BCUT2D eigenvalue weighted by Gasteiger charge is 2.06. The number of aryl methyl sites for hydroxylation is 2. The molecule has 0 fully saturated rings. The molecule has 1 aromatic heterocycles. The Hall–Kier alpha value is -2.96. The van der Waals surface area contributed by atoms with Crippen molar-refractivity contribution in [3.05, 3.63) is 57.8 Å². The summed E-state index contributed by atoms with van der Waals surface area (Å²) in [6, 6.07) is 7.80. The molecule has 0 aliphatic rings. The Morgan fingerprint density at radius 3 is 2.81 bits per heavy atom. The lowest BCUT2D eigenvalue weighted by atomic mass is 10.2. The first-order valence-corrected chi connectivity index (χ1v) is 6.20. The maximum Gasteiger partial charge on any atom is 0.270 e. The quantitative estimate of drug-likeness (QED) is 0.530. The number of rotatable bonds is 4. The van der Waals surface area contributed by atoms with Gasteiger partial charge in [0.25, 0.3) is 5.69 Å². The largest absolute Gasteiger partial charge is 0.307 e. The SMILES string of the molecule is Cc1cc(NC(=O)/C=C/c2cccc([N+](=O)[O-])c2)n(C)n1. The minimum atomic E-state index is -0.476. The molecule has 0 saturated carbocycles. The predicted molar refractivity (Wildman–Crippen MR) is 78.7 cm³/mol. The minimum absolute atomic E-state index is 0.0141. The van der Waals surface area contributed by atoms with E-state index in [-0.39, 0.29) is 11.6 Å². The number of nitrogens with zero attached hydrogens (tertiary/aromatic N) is 3. The Morgan fingerprint density at radius 1 is 1.43 bits per heavy atom. The number of non-ortho nitro benzene ring substituents is 1. The van der Waals surface area contributed by atoms with E-state index in [9.17, 15) is 14.9 Å². The molecule has 7 heteroatoms. The second-order valence-electron chi connectivity index (χ2n) is 4.47. The molecule has 1 N–H and O–H groups in total. The van der Waals surface area contributed by atoms with Gasteiger partial charge in [-0.2, -0.15) is 5.10 Å². The molecule has 21 heavy (non-hydrogen) atoms. The van der Waals surface area contributed by atoms with Crippen LogP contribution in [0, 0.1) is 17.0 Å². The van der Waals surface area contributed by atoms with Crippen molar-refractivity contribution in [1.82, 2.24) is 9.78 Å². The van der Waals surface area contributed by atoms with E-state index in [0.29, 0.717) is 11.4 Å². The van der Waals surface area contributed by atoms with E-state index in [4.69, 9.17) is 0 Å². The number of aromatic nitrogens is 2. The Kier molecular flexibility index (Phi) is 4.13. The summed E-state index contributed by atoms with van der Waals surface area (Å²) >= 11 is 0. The van der Waals surface area contributed by atoms with Crippen LogP contribution in [0.3, 0.4) is 0 Å². The van der Waals surface area contributed by atoms with Gasteiger partial charge in [-0.15, -0.1) is 0 Å². The van der Waals surface area contributed by atoms with Crippen LogP contribution in [0.5, 0.6) is 0 Å². The third-order valence-electron chi connectivity index (χ3n) is 2.76. The third kappa shape index (κ3) is 3.75. The Balaban J connectivity index is 2.07. The van der Waals surface area contributed by atoms with Crippen LogP contribution in [0.4, 0.5) is 11.5 Å². The highest BCUT2D eigenvalue weighted by atomic mass is 16.6. The van der Waals surface area contributed by atoms with Gasteiger partial charge in [0.15, 0.2) is 0 Å².